The summed E-state index contributed by atoms with van der Waals surface area (Å²) >= 11 is 0. The predicted octanol–water partition coefficient (Wildman–Crippen LogP) is 4.23. The molecule has 0 amide bonds. The second-order valence-corrected chi connectivity index (χ2v) is 5.83. The highest BCUT2D eigenvalue weighted by Gasteiger charge is 2.59. The summed E-state index contributed by atoms with van der Waals surface area (Å²) in [5, 5.41) is 9.96. The van der Waals surface area contributed by atoms with Crippen LogP contribution >= 0.6 is 0 Å². The van der Waals surface area contributed by atoms with Crippen LogP contribution in [-0.4, -0.2) is 23.7 Å². The zero-order valence-electron chi connectivity index (χ0n) is 12.3. The van der Waals surface area contributed by atoms with E-state index in [0.29, 0.717) is 0 Å². The quantitative estimate of drug-likeness (QED) is 0.897. The molecule has 122 valence electrons. The maximum absolute atomic E-state index is 13.2. The van der Waals surface area contributed by atoms with E-state index in [1.807, 2.05) is 36.4 Å². The van der Waals surface area contributed by atoms with E-state index < -0.39 is 24.3 Å². The van der Waals surface area contributed by atoms with Crippen LogP contribution in [0.25, 0.3) is 0 Å². The second-order valence-electron chi connectivity index (χ2n) is 5.83. The van der Waals surface area contributed by atoms with Gasteiger partial charge in [-0.05, 0) is 17.0 Å². The Balaban J connectivity index is 1.98. The van der Waals surface area contributed by atoms with Crippen LogP contribution < -0.4 is 0 Å². The summed E-state index contributed by atoms with van der Waals surface area (Å²) in [6.45, 7) is -0.181. The van der Waals surface area contributed by atoms with Crippen molar-refractivity contribution < 1.29 is 23.0 Å². The van der Waals surface area contributed by atoms with E-state index in [1.165, 1.54) is 0 Å². The molecule has 0 aliphatic carbocycles. The third-order valence-corrected chi connectivity index (χ3v) is 4.38. The average molecular weight is 322 g/mol. The first-order valence-electron chi connectivity index (χ1n) is 7.44. The molecular formula is C18H17F3O2. The normalized spacial score (nSPS) is 28.5. The number of ether oxygens (including phenoxy) is 1. The minimum atomic E-state index is -4.82. The van der Waals surface area contributed by atoms with Crippen molar-refractivity contribution >= 4 is 0 Å². The van der Waals surface area contributed by atoms with Gasteiger partial charge in [0, 0.05) is 12.3 Å². The van der Waals surface area contributed by atoms with Gasteiger partial charge in [0.2, 0.25) is 0 Å². The molecule has 1 aliphatic rings. The summed E-state index contributed by atoms with van der Waals surface area (Å²) in [6, 6.07) is 18.3. The van der Waals surface area contributed by atoms with Crippen LogP contribution in [0.3, 0.4) is 0 Å². The number of rotatable bonds is 2. The zero-order valence-corrected chi connectivity index (χ0v) is 12.3. The molecule has 1 saturated heterocycles. The van der Waals surface area contributed by atoms with Crippen molar-refractivity contribution in [1.82, 2.24) is 0 Å². The summed E-state index contributed by atoms with van der Waals surface area (Å²) in [6.07, 6.45) is -5.33. The zero-order chi connectivity index (χ0) is 16.5. The summed E-state index contributed by atoms with van der Waals surface area (Å²) in [5.41, 5.74) is 1.68. The van der Waals surface area contributed by atoms with Gasteiger partial charge in [0.15, 0.2) is 0 Å². The molecule has 0 spiro atoms. The standard InChI is InChI=1S/C18H17F3O2/c19-18(20,21)17(22)11-15(13-7-3-1-4-8-13)16(12-23-17)14-9-5-2-6-10-14/h1-10,15-16,22H,11-12H2/t15-,16+,17+/m1/s1. The number of benzene rings is 2. The van der Waals surface area contributed by atoms with Crippen molar-refractivity contribution in [3.05, 3.63) is 71.8 Å². The lowest BCUT2D eigenvalue weighted by atomic mass is 9.76. The molecule has 0 unspecified atom stereocenters. The maximum Gasteiger partial charge on any atom is 0.443 e. The van der Waals surface area contributed by atoms with E-state index in [4.69, 9.17) is 4.74 Å². The predicted molar refractivity (Wildman–Crippen MR) is 79.9 cm³/mol. The SMILES string of the molecule is O[C@@]1(C(F)(F)F)C[C@H](c2ccccc2)[C@H](c2ccccc2)CO1. The number of hydrogen-bond donors (Lipinski definition) is 1. The lowest BCUT2D eigenvalue weighted by Gasteiger charge is -2.42. The molecule has 1 heterocycles. The maximum atomic E-state index is 13.2. The smallest absolute Gasteiger partial charge is 0.358 e. The summed E-state index contributed by atoms with van der Waals surface area (Å²) in [7, 11) is 0. The van der Waals surface area contributed by atoms with Gasteiger partial charge in [0.05, 0.1) is 6.61 Å². The van der Waals surface area contributed by atoms with Crippen LogP contribution in [0.2, 0.25) is 0 Å². The Morgan fingerprint density at radius 1 is 0.870 bits per heavy atom. The van der Waals surface area contributed by atoms with Gasteiger partial charge in [-0.15, -0.1) is 0 Å². The van der Waals surface area contributed by atoms with Gasteiger partial charge in [0.1, 0.15) is 0 Å². The van der Waals surface area contributed by atoms with E-state index in [1.54, 1.807) is 24.3 Å². The topological polar surface area (TPSA) is 29.5 Å². The first kappa shape index (κ1) is 16.0. The molecule has 0 radical (unpaired) electrons. The molecule has 2 aromatic rings. The average Bonchev–Trinajstić information content (AvgIpc) is 2.55. The summed E-state index contributed by atoms with van der Waals surface area (Å²) < 4.78 is 44.4. The Morgan fingerprint density at radius 3 is 1.83 bits per heavy atom. The second kappa shape index (κ2) is 5.98. The van der Waals surface area contributed by atoms with Gasteiger partial charge >= 0.3 is 6.18 Å². The third kappa shape index (κ3) is 3.12. The Hall–Kier alpha value is -1.85. The van der Waals surface area contributed by atoms with Crippen LogP contribution in [0.1, 0.15) is 29.4 Å². The fraction of sp³-hybridized carbons (Fsp3) is 0.333. The molecule has 0 aromatic heterocycles. The number of hydrogen-bond acceptors (Lipinski definition) is 2. The molecule has 0 saturated carbocycles. The van der Waals surface area contributed by atoms with Crippen molar-refractivity contribution in [2.75, 3.05) is 6.61 Å². The Morgan fingerprint density at radius 2 is 1.35 bits per heavy atom. The highest BCUT2D eigenvalue weighted by molar-refractivity contribution is 5.30. The van der Waals surface area contributed by atoms with Crippen molar-refractivity contribution in [1.29, 1.82) is 0 Å². The van der Waals surface area contributed by atoms with Crippen molar-refractivity contribution in [3.8, 4) is 0 Å². The lowest BCUT2D eigenvalue weighted by Crippen LogP contribution is -2.53. The fourth-order valence-electron chi connectivity index (χ4n) is 3.12. The Kier molecular flexibility index (Phi) is 4.17. The van der Waals surface area contributed by atoms with Crippen LogP contribution in [0.4, 0.5) is 13.2 Å². The van der Waals surface area contributed by atoms with E-state index in [2.05, 4.69) is 0 Å². The van der Waals surface area contributed by atoms with Crippen LogP contribution in [0, 0.1) is 0 Å². The van der Waals surface area contributed by atoms with E-state index in [9.17, 15) is 18.3 Å². The highest BCUT2D eigenvalue weighted by atomic mass is 19.4. The molecule has 5 heteroatoms. The number of aliphatic hydroxyl groups is 1. The van der Waals surface area contributed by atoms with Crippen molar-refractivity contribution in [2.24, 2.45) is 0 Å². The largest absolute Gasteiger partial charge is 0.443 e. The number of alkyl halides is 3. The van der Waals surface area contributed by atoms with Gasteiger partial charge in [-0.3, -0.25) is 0 Å². The van der Waals surface area contributed by atoms with Crippen molar-refractivity contribution in [3.63, 3.8) is 0 Å². The minimum Gasteiger partial charge on any atom is -0.358 e. The molecule has 1 N–H and O–H groups in total. The molecule has 23 heavy (non-hydrogen) atoms. The molecule has 2 aromatic carbocycles. The van der Waals surface area contributed by atoms with E-state index >= 15 is 0 Å². The molecule has 0 bridgehead atoms. The molecule has 3 atom stereocenters. The van der Waals surface area contributed by atoms with Gasteiger partial charge in [-0.2, -0.15) is 13.2 Å². The van der Waals surface area contributed by atoms with Gasteiger partial charge < -0.3 is 9.84 Å². The molecule has 1 fully saturated rings. The molecule has 3 rings (SSSR count). The van der Waals surface area contributed by atoms with Gasteiger partial charge in [0.25, 0.3) is 5.79 Å². The van der Waals surface area contributed by atoms with Crippen LogP contribution in [0.5, 0.6) is 0 Å². The van der Waals surface area contributed by atoms with Gasteiger partial charge in [-0.1, -0.05) is 60.7 Å². The summed E-state index contributed by atoms with van der Waals surface area (Å²) in [4.78, 5) is 0. The summed E-state index contributed by atoms with van der Waals surface area (Å²) in [5.74, 6) is -3.81. The molecule has 1 aliphatic heterocycles. The highest BCUT2D eigenvalue weighted by Crippen LogP contribution is 2.48. The monoisotopic (exact) mass is 322 g/mol. The molecule has 2 nitrogen and oxygen atoms in total. The fourth-order valence-corrected chi connectivity index (χ4v) is 3.12. The lowest BCUT2D eigenvalue weighted by molar-refractivity contribution is -0.380. The van der Waals surface area contributed by atoms with Crippen molar-refractivity contribution in [2.45, 2.75) is 30.2 Å². The van der Waals surface area contributed by atoms with Gasteiger partial charge in [-0.25, -0.2) is 0 Å². The molecular weight excluding hydrogens is 305 g/mol. The van der Waals surface area contributed by atoms with E-state index in [0.717, 1.165) is 11.1 Å². The Labute approximate surface area is 132 Å². The minimum absolute atomic E-state index is 0.181. The van der Waals surface area contributed by atoms with Crippen LogP contribution in [-0.2, 0) is 4.74 Å². The third-order valence-electron chi connectivity index (χ3n) is 4.38. The first-order chi connectivity index (χ1) is 10.9. The number of halogens is 3. The Bertz CT molecular complexity index is 642. The van der Waals surface area contributed by atoms with Crippen LogP contribution in [0.15, 0.2) is 60.7 Å². The van der Waals surface area contributed by atoms with E-state index in [-0.39, 0.29) is 12.5 Å². The first-order valence-corrected chi connectivity index (χ1v) is 7.44.